The van der Waals surface area contributed by atoms with Gasteiger partial charge < -0.3 is 4.90 Å². The summed E-state index contributed by atoms with van der Waals surface area (Å²) >= 11 is 0. The average Bonchev–Trinajstić information content (AvgIpc) is 3.29. The van der Waals surface area contributed by atoms with Gasteiger partial charge in [-0.1, -0.05) is 13.3 Å². The summed E-state index contributed by atoms with van der Waals surface area (Å²) in [5, 5.41) is 3.16. The van der Waals surface area contributed by atoms with Crippen LogP contribution in [0.25, 0.3) is 5.82 Å². The Morgan fingerprint density at radius 1 is 1.33 bits per heavy atom. The van der Waals surface area contributed by atoms with Crippen LogP contribution >= 0.6 is 0 Å². The number of hydrogen-bond donors (Lipinski definition) is 0. The topological polar surface area (TPSA) is 76.3 Å². The summed E-state index contributed by atoms with van der Waals surface area (Å²) in [7, 11) is 0. The van der Waals surface area contributed by atoms with Crippen molar-refractivity contribution in [2.75, 3.05) is 18.0 Å². The summed E-state index contributed by atoms with van der Waals surface area (Å²) in [6.45, 7) is 7.79. The van der Waals surface area contributed by atoms with Crippen molar-refractivity contribution in [3.63, 3.8) is 0 Å². The lowest BCUT2D eigenvalue weighted by atomic mass is 10.3. The van der Waals surface area contributed by atoms with Gasteiger partial charge in [-0.15, -0.1) is 4.91 Å². The van der Waals surface area contributed by atoms with Crippen molar-refractivity contribution in [1.82, 2.24) is 19.5 Å². The van der Waals surface area contributed by atoms with Crippen LogP contribution in [-0.2, 0) is 0 Å². The predicted octanol–water partition coefficient (Wildman–Crippen LogP) is 3.69. The van der Waals surface area contributed by atoms with E-state index in [1.807, 2.05) is 13.8 Å². The van der Waals surface area contributed by atoms with Gasteiger partial charge in [-0.05, 0) is 44.2 Å². The van der Waals surface area contributed by atoms with Crippen LogP contribution in [0.1, 0.15) is 44.1 Å². The van der Waals surface area contributed by atoms with E-state index < -0.39 is 0 Å². The van der Waals surface area contributed by atoms with Crippen LogP contribution in [0.5, 0.6) is 0 Å². The SMILES string of the molecule is CCCCN(CC1CC1)c1nc(C)c(N=O)c(-n2ccnc2C)n1. The van der Waals surface area contributed by atoms with E-state index in [0.29, 0.717) is 17.5 Å². The van der Waals surface area contributed by atoms with Crippen molar-refractivity contribution in [2.45, 2.75) is 46.5 Å². The third-order valence-electron chi connectivity index (χ3n) is 4.41. The number of imidazole rings is 1. The third-order valence-corrected chi connectivity index (χ3v) is 4.41. The quantitative estimate of drug-likeness (QED) is 0.691. The summed E-state index contributed by atoms with van der Waals surface area (Å²) in [4.78, 5) is 27.0. The first kappa shape index (κ1) is 16.5. The van der Waals surface area contributed by atoms with E-state index in [0.717, 1.165) is 37.7 Å². The van der Waals surface area contributed by atoms with Gasteiger partial charge in [-0.25, -0.2) is 9.97 Å². The Bertz CT molecular complexity index is 722. The van der Waals surface area contributed by atoms with Gasteiger partial charge in [0.05, 0.1) is 5.69 Å². The molecule has 7 heteroatoms. The van der Waals surface area contributed by atoms with E-state index in [1.165, 1.54) is 12.8 Å². The Morgan fingerprint density at radius 3 is 2.71 bits per heavy atom. The Balaban J connectivity index is 2.02. The van der Waals surface area contributed by atoms with E-state index in [2.05, 4.69) is 32.0 Å². The second-order valence-electron chi connectivity index (χ2n) is 6.46. The average molecular weight is 328 g/mol. The number of hydrogen-bond acceptors (Lipinski definition) is 6. The largest absolute Gasteiger partial charge is 0.340 e. The molecule has 1 aliphatic rings. The van der Waals surface area contributed by atoms with Gasteiger partial charge >= 0.3 is 0 Å². The number of aryl methyl sites for hydroxylation is 2. The van der Waals surface area contributed by atoms with Crippen molar-refractivity contribution >= 4 is 11.6 Å². The molecule has 2 heterocycles. The van der Waals surface area contributed by atoms with Crippen molar-refractivity contribution < 1.29 is 0 Å². The smallest absolute Gasteiger partial charge is 0.227 e. The van der Waals surface area contributed by atoms with Gasteiger partial charge in [0.15, 0.2) is 11.5 Å². The number of unbranched alkanes of at least 4 members (excludes halogenated alkanes) is 1. The third kappa shape index (κ3) is 3.44. The van der Waals surface area contributed by atoms with E-state index in [4.69, 9.17) is 0 Å². The van der Waals surface area contributed by atoms with Crippen LogP contribution in [0.2, 0.25) is 0 Å². The molecule has 0 bridgehead atoms. The molecule has 7 nitrogen and oxygen atoms in total. The Kier molecular flexibility index (Phi) is 4.87. The summed E-state index contributed by atoms with van der Waals surface area (Å²) in [6, 6.07) is 0. The molecule has 24 heavy (non-hydrogen) atoms. The molecule has 0 aliphatic heterocycles. The second kappa shape index (κ2) is 7.07. The van der Waals surface area contributed by atoms with Crippen LogP contribution in [0, 0.1) is 24.7 Å². The van der Waals surface area contributed by atoms with Gasteiger partial charge in [-0.2, -0.15) is 4.98 Å². The molecule has 0 saturated heterocycles. The summed E-state index contributed by atoms with van der Waals surface area (Å²) in [5.74, 6) is 2.71. The lowest BCUT2D eigenvalue weighted by Crippen LogP contribution is -2.29. The molecule has 0 aromatic carbocycles. The van der Waals surface area contributed by atoms with Crippen LogP contribution in [0.4, 0.5) is 11.6 Å². The fourth-order valence-electron chi connectivity index (χ4n) is 2.79. The van der Waals surface area contributed by atoms with E-state index >= 15 is 0 Å². The summed E-state index contributed by atoms with van der Waals surface area (Å²) < 4.78 is 1.80. The highest BCUT2D eigenvalue weighted by atomic mass is 16.3. The zero-order valence-electron chi connectivity index (χ0n) is 14.6. The first-order chi connectivity index (χ1) is 11.6. The number of anilines is 1. The first-order valence-electron chi connectivity index (χ1n) is 8.61. The lowest BCUT2D eigenvalue weighted by Gasteiger charge is -2.23. The van der Waals surface area contributed by atoms with Crippen molar-refractivity contribution in [3.05, 3.63) is 28.8 Å². The van der Waals surface area contributed by atoms with Crippen LogP contribution < -0.4 is 4.90 Å². The van der Waals surface area contributed by atoms with Crippen LogP contribution in [0.15, 0.2) is 17.6 Å². The fraction of sp³-hybridized carbons (Fsp3) is 0.588. The highest BCUT2D eigenvalue weighted by Crippen LogP contribution is 2.32. The van der Waals surface area contributed by atoms with Crippen molar-refractivity contribution in [2.24, 2.45) is 11.1 Å². The lowest BCUT2D eigenvalue weighted by molar-refractivity contribution is 0.659. The minimum Gasteiger partial charge on any atom is -0.340 e. The zero-order chi connectivity index (χ0) is 17.1. The molecule has 1 fully saturated rings. The molecule has 0 spiro atoms. The van der Waals surface area contributed by atoms with Gasteiger partial charge in [0, 0.05) is 25.5 Å². The minimum absolute atomic E-state index is 0.279. The van der Waals surface area contributed by atoms with Crippen LogP contribution in [0.3, 0.4) is 0 Å². The van der Waals surface area contributed by atoms with Gasteiger partial charge in [0.25, 0.3) is 0 Å². The zero-order valence-corrected chi connectivity index (χ0v) is 14.6. The maximum atomic E-state index is 11.3. The molecule has 1 aliphatic carbocycles. The molecule has 0 atom stereocenters. The second-order valence-corrected chi connectivity index (χ2v) is 6.46. The maximum Gasteiger partial charge on any atom is 0.227 e. The van der Waals surface area contributed by atoms with Gasteiger partial charge in [0.2, 0.25) is 5.95 Å². The minimum atomic E-state index is 0.279. The van der Waals surface area contributed by atoms with E-state index in [1.54, 1.807) is 17.0 Å². The molecule has 0 unspecified atom stereocenters. The molecular formula is C17H24N6O. The predicted molar refractivity (Wildman–Crippen MR) is 93.9 cm³/mol. The number of rotatable bonds is 8. The maximum absolute atomic E-state index is 11.3. The van der Waals surface area contributed by atoms with Crippen LogP contribution in [-0.4, -0.2) is 32.6 Å². The first-order valence-corrected chi connectivity index (χ1v) is 8.61. The van der Waals surface area contributed by atoms with E-state index in [9.17, 15) is 4.91 Å². The Hall–Kier alpha value is -2.31. The molecule has 1 saturated carbocycles. The number of aromatic nitrogens is 4. The standard InChI is InChI=1S/C17H24N6O/c1-4-5-9-22(11-14-6-7-14)17-19-12(2)15(21-24)16(20-17)23-10-8-18-13(23)3/h8,10,14H,4-7,9,11H2,1-3H3. The van der Waals surface area contributed by atoms with E-state index in [-0.39, 0.29) is 5.69 Å². The molecule has 3 rings (SSSR count). The number of nitrogens with zero attached hydrogens (tertiary/aromatic N) is 6. The van der Waals surface area contributed by atoms with Gasteiger partial charge in [0.1, 0.15) is 5.82 Å². The fourth-order valence-corrected chi connectivity index (χ4v) is 2.79. The Morgan fingerprint density at radius 2 is 2.12 bits per heavy atom. The molecule has 0 amide bonds. The molecule has 128 valence electrons. The molecule has 0 N–H and O–H groups in total. The summed E-state index contributed by atoms with van der Waals surface area (Å²) in [6.07, 6.45) is 8.28. The normalized spacial score (nSPS) is 14.0. The van der Waals surface area contributed by atoms with Crippen molar-refractivity contribution in [3.8, 4) is 5.82 Å². The Labute approximate surface area is 142 Å². The molecule has 2 aromatic rings. The molecular weight excluding hydrogens is 304 g/mol. The summed E-state index contributed by atoms with van der Waals surface area (Å²) in [5.41, 5.74) is 0.886. The molecule has 2 aromatic heterocycles. The van der Waals surface area contributed by atoms with Gasteiger partial charge in [-0.3, -0.25) is 4.57 Å². The monoisotopic (exact) mass is 328 g/mol. The highest BCUT2D eigenvalue weighted by Gasteiger charge is 2.26. The highest BCUT2D eigenvalue weighted by molar-refractivity contribution is 5.58. The van der Waals surface area contributed by atoms with Crippen molar-refractivity contribution in [1.29, 1.82) is 0 Å². The number of nitroso groups, excluding NO2 is 1. The molecule has 0 radical (unpaired) electrons.